The molecule has 0 aromatic heterocycles. The predicted molar refractivity (Wildman–Crippen MR) is 97.6 cm³/mol. The molecule has 2 nitrogen and oxygen atoms in total. The molecule has 0 spiro atoms. The van der Waals surface area contributed by atoms with Gasteiger partial charge in [0.25, 0.3) is 0 Å². The van der Waals surface area contributed by atoms with Crippen LogP contribution in [0.5, 0.6) is 0 Å². The lowest BCUT2D eigenvalue weighted by Gasteiger charge is -2.41. The summed E-state index contributed by atoms with van der Waals surface area (Å²) in [5, 5.41) is 2.97. The Labute approximate surface area is 165 Å². The molecule has 2 aromatic carbocycles. The lowest BCUT2D eigenvalue weighted by Crippen LogP contribution is -2.46. The van der Waals surface area contributed by atoms with E-state index < -0.39 is 22.8 Å². The Bertz CT molecular complexity index is 951. The Morgan fingerprint density at radius 1 is 1.10 bits per heavy atom. The molecule has 1 heterocycles. The molecular weight excluding hydrogens is 389 g/mol. The summed E-state index contributed by atoms with van der Waals surface area (Å²) in [5.74, 6) is -0.494. The number of nitrogens with one attached hydrogen (secondary N) is 1. The van der Waals surface area contributed by atoms with Crippen molar-refractivity contribution in [1.29, 1.82) is 0 Å². The summed E-state index contributed by atoms with van der Waals surface area (Å²) in [7, 11) is 0. The molecule has 1 fully saturated rings. The number of halogens is 5. The molecule has 7 heteroatoms. The summed E-state index contributed by atoms with van der Waals surface area (Å²) in [6.45, 7) is 0.523. The van der Waals surface area contributed by atoms with Crippen LogP contribution in [-0.4, -0.2) is 18.1 Å². The minimum atomic E-state index is -5.02. The number of hydrogen-bond acceptors (Lipinski definition) is 1. The van der Waals surface area contributed by atoms with Gasteiger partial charge in [-0.1, -0.05) is 30.3 Å². The van der Waals surface area contributed by atoms with Crippen molar-refractivity contribution in [3.63, 3.8) is 0 Å². The molecule has 1 N–H and O–H groups in total. The quantitative estimate of drug-likeness (QED) is 0.719. The highest BCUT2D eigenvalue weighted by atomic mass is 19.4. The number of hydrogen-bond donors (Lipinski definition) is 1. The molecule has 29 heavy (non-hydrogen) atoms. The summed E-state index contributed by atoms with van der Waals surface area (Å²) in [6.07, 6.45) is -3.39. The molecule has 0 bridgehead atoms. The SMILES string of the molecule is CC(F)(c1ccc2c(c1)CC[C@H]1NC(=O)C[C@@]21Cc1ccc(F)cc1)C(F)(F)F. The topological polar surface area (TPSA) is 29.1 Å². The van der Waals surface area contributed by atoms with Crippen molar-refractivity contribution >= 4 is 5.91 Å². The molecule has 0 radical (unpaired) electrons. The van der Waals surface area contributed by atoms with Gasteiger partial charge in [0.1, 0.15) is 5.82 Å². The van der Waals surface area contributed by atoms with E-state index in [0.29, 0.717) is 31.7 Å². The fourth-order valence-electron chi connectivity index (χ4n) is 4.71. The van der Waals surface area contributed by atoms with E-state index in [4.69, 9.17) is 0 Å². The van der Waals surface area contributed by atoms with Gasteiger partial charge in [-0.3, -0.25) is 4.79 Å². The van der Waals surface area contributed by atoms with Gasteiger partial charge in [-0.2, -0.15) is 13.2 Å². The summed E-state index contributed by atoms with van der Waals surface area (Å²) in [5.41, 5.74) is -2.31. The summed E-state index contributed by atoms with van der Waals surface area (Å²) in [4.78, 5) is 12.2. The minimum absolute atomic E-state index is 0.125. The normalized spacial score (nSPS) is 25.7. The molecule has 1 amide bonds. The van der Waals surface area contributed by atoms with Crippen LogP contribution >= 0.6 is 0 Å². The maximum Gasteiger partial charge on any atom is 0.426 e. The number of benzene rings is 2. The van der Waals surface area contributed by atoms with E-state index in [2.05, 4.69) is 5.32 Å². The van der Waals surface area contributed by atoms with Gasteiger partial charge >= 0.3 is 6.18 Å². The highest BCUT2D eigenvalue weighted by Crippen LogP contribution is 2.48. The first-order chi connectivity index (χ1) is 13.5. The van der Waals surface area contributed by atoms with Crippen LogP contribution in [0.4, 0.5) is 22.0 Å². The van der Waals surface area contributed by atoms with Gasteiger partial charge in [0.15, 0.2) is 0 Å². The number of carbonyl (C=O) groups is 1. The number of alkyl halides is 4. The van der Waals surface area contributed by atoms with Crippen molar-refractivity contribution in [3.05, 3.63) is 70.5 Å². The van der Waals surface area contributed by atoms with Crippen LogP contribution in [0.15, 0.2) is 42.5 Å². The molecular formula is C22H20F5NO. The average molecular weight is 409 g/mol. The van der Waals surface area contributed by atoms with Gasteiger partial charge in [0.05, 0.1) is 0 Å². The van der Waals surface area contributed by atoms with Gasteiger partial charge in [0.2, 0.25) is 11.6 Å². The van der Waals surface area contributed by atoms with Crippen LogP contribution in [0.3, 0.4) is 0 Å². The van der Waals surface area contributed by atoms with E-state index in [1.165, 1.54) is 30.3 Å². The maximum atomic E-state index is 14.5. The van der Waals surface area contributed by atoms with Crippen LogP contribution in [-0.2, 0) is 28.7 Å². The van der Waals surface area contributed by atoms with E-state index in [-0.39, 0.29) is 24.2 Å². The Kier molecular flexibility index (Phi) is 4.48. The van der Waals surface area contributed by atoms with E-state index in [9.17, 15) is 26.7 Å². The van der Waals surface area contributed by atoms with Crippen molar-refractivity contribution in [2.75, 3.05) is 0 Å². The van der Waals surface area contributed by atoms with Gasteiger partial charge in [-0.15, -0.1) is 0 Å². The molecule has 1 saturated heterocycles. The standard InChI is InChI=1S/C22H20F5NO/c1-20(24,22(25,26)27)15-5-8-17-14(10-15)4-9-18-21(17,12-19(29)28-18)11-13-2-6-16(23)7-3-13/h2-3,5-8,10,18H,4,9,11-12H2,1H3,(H,28,29)/t18-,20?,21+/m1/s1. The van der Waals surface area contributed by atoms with Crippen molar-refractivity contribution < 1.29 is 26.7 Å². The summed E-state index contributed by atoms with van der Waals surface area (Å²) in [6, 6.07) is 9.80. The van der Waals surface area contributed by atoms with Gasteiger partial charge in [-0.05, 0) is 60.6 Å². The average Bonchev–Trinajstić information content (AvgIpc) is 2.98. The molecule has 3 atom stereocenters. The van der Waals surface area contributed by atoms with E-state index in [1.807, 2.05) is 0 Å². The first kappa shape index (κ1) is 19.9. The van der Waals surface area contributed by atoms with Crippen molar-refractivity contribution in [2.24, 2.45) is 0 Å². The zero-order valence-corrected chi connectivity index (χ0v) is 15.7. The first-order valence-electron chi connectivity index (χ1n) is 9.46. The zero-order chi connectivity index (χ0) is 21.0. The molecule has 2 aromatic rings. The van der Waals surface area contributed by atoms with Crippen molar-refractivity contribution in [2.45, 2.75) is 55.9 Å². The Morgan fingerprint density at radius 2 is 1.79 bits per heavy atom. The molecule has 1 aliphatic carbocycles. The van der Waals surface area contributed by atoms with Crippen LogP contribution in [0, 0.1) is 5.82 Å². The van der Waals surface area contributed by atoms with E-state index in [1.54, 1.807) is 12.1 Å². The number of amides is 1. The van der Waals surface area contributed by atoms with E-state index >= 15 is 0 Å². The first-order valence-corrected chi connectivity index (χ1v) is 9.46. The highest BCUT2D eigenvalue weighted by molar-refractivity contribution is 5.82. The molecule has 0 saturated carbocycles. The number of aryl methyl sites for hydroxylation is 1. The number of carbonyl (C=O) groups excluding carboxylic acids is 1. The predicted octanol–water partition coefficient (Wildman–Crippen LogP) is 4.89. The Balaban J connectivity index is 1.79. The van der Waals surface area contributed by atoms with Gasteiger partial charge in [0, 0.05) is 17.9 Å². The summed E-state index contributed by atoms with van der Waals surface area (Å²) < 4.78 is 67.2. The zero-order valence-electron chi connectivity index (χ0n) is 15.7. The Hall–Kier alpha value is -2.44. The largest absolute Gasteiger partial charge is 0.426 e. The maximum absolute atomic E-state index is 14.5. The van der Waals surface area contributed by atoms with Crippen LogP contribution in [0.25, 0.3) is 0 Å². The fraction of sp³-hybridized carbons (Fsp3) is 0.409. The van der Waals surface area contributed by atoms with Crippen LogP contribution in [0.1, 0.15) is 42.0 Å². The second kappa shape index (κ2) is 6.54. The molecule has 1 aliphatic heterocycles. The second-order valence-electron chi connectivity index (χ2n) is 8.17. The minimum Gasteiger partial charge on any atom is -0.352 e. The van der Waals surface area contributed by atoms with E-state index in [0.717, 1.165) is 11.1 Å². The highest BCUT2D eigenvalue weighted by Gasteiger charge is 2.55. The molecule has 4 rings (SSSR count). The van der Waals surface area contributed by atoms with Crippen LogP contribution in [0.2, 0.25) is 0 Å². The van der Waals surface area contributed by atoms with Gasteiger partial charge < -0.3 is 5.32 Å². The second-order valence-corrected chi connectivity index (χ2v) is 8.17. The third-order valence-electron chi connectivity index (χ3n) is 6.33. The third kappa shape index (κ3) is 3.20. The molecule has 154 valence electrons. The molecule has 2 aliphatic rings. The fourth-order valence-corrected chi connectivity index (χ4v) is 4.71. The van der Waals surface area contributed by atoms with Gasteiger partial charge in [-0.25, -0.2) is 8.78 Å². The third-order valence-corrected chi connectivity index (χ3v) is 6.33. The number of fused-ring (bicyclic) bond motifs is 3. The number of rotatable bonds is 3. The summed E-state index contributed by atoms with van der Waals surface area (Å²) >= 11 is 0. The molecule has 1 unspecified atom stereocenters. The van der Waals surface area contributed by atoms with Crippen LogP contribution < -0.4 is 5.32 Å². The lowest BCUT2D eigenvalue weighted by molar-refractivity contribution is -0.228. The monoisotopic (exact) mass is 409 g/mol. The van der Waals surface area contributed by atoms with Crippen molar-refractivity contribution in [3.8, 4) is 0 Å². The van der Waals surface area contributed by atoms with Crippen molar-refractivity contribution in [1.82, 2.24) is 5.32 Å². The Morgan fingerprint density at radius 3 is 2.45 bits per heavy atom. The lowest BCUT2D eigenvalue weighted by atomic mass is 9.63. The smallest absolute Gasteiger partial charge is 0.352 e.